The highest BCUT2D eigenvalue weighted by Gasteiger charge is 2.25. The Morgan fingerprint density at radius 3 is 2.50 bits per heavy atom. The Bertz CT molecular complexity index is 908. The number of hydrogen-bond acceptors (Lipinski definition) is 4. The van der Waals surface area contributed by atoms with Crippen molar-refractivity contribution >= 4 is 27.4 Å². The van der Waals surface area contributed by atoms with Gasteiger partial charge in [0, 0.05) is 24.4 Å². The Balaban J connectivity index is 1.61. The van der Waals surface area contributed by atoms with Crippen molar-refractivity contribution < 1.29 is 0 Å². The molecular weight excluding hydrogens is 338 g/mol. The number of aryl methyl sites for hydroxylation is 2. The molecule has 1 aliphatic heterocycles. The van der Waals surface area contributed by atoms with Gasteiger partial charge in [0.2, 0.25) is 0 Å². The van der Waals surface area contributed by atoms with Crippen LogP contribution in [0.3, 0.4) is 0 Å². The summed E-state index contributed by atoms with van der Waals surface area (Å²) in [6, 6.07) is 10.6. The van der Waals surface area contributed by atoms with Gasteiger partial charge in [-0.05, 0) is 43.2 Å². The second-order valence-corrected chi connectivity index (χ2v) is 8.65. The highest BCUT2D eigenvalue weighted by atomic mass is 32.1. The van der Waals surface area contributed by atoms with Gasteiger partial charge in [-0.1, -0.05) is 43.2 Å². The Kier molecular flexibility index (Phi) is 4.37. The normalized spacial score (nSPS) is 17.5. The topological polar surface area (TPSA) is 29.0 Å². The van der Waals surface area contributed by atoms with Crippen molar-refractivity contribution in [2.75, 3.05) is 18.0 Å². The van der Waals surface area contributed by atoms with E-state index >= 15 is 0 Å². The van der Waals surface area contributed by atoms with E-state index in [0.717, 1.165) is 25.3 Å². The molecule has 1 fully saturated rings. The second-order valence-electron chi connectivity index (χ2n) is 7.56. The quantitative estimate of drug-likeness (QED) is 0.644. The molecule has 0 spiro atoms. The van der Waals surface area contributed by atoms with Gasteiger partial charge in [0.1, 0.15) is 16.5 Å². The summed E-state index contributed by atoms with van der Waals surface area (Å²) in [6.07, 6.45) is 9.81. The number of anilines is 1. The van der Waals surface area contributed by atoms with E-state index < -0.39 is 0 Å². The maximum absolute atomic E-state index is 5.13. The molecule has 3 nitrogen and oxygen atoms in total. The second kappa shape index (κ2) is 6.99. The van der Waals surface area contributed by atoms with Gasteiger partial charge in [0.15, 0.2) is 0 Å². The average molecular weight is 364 g/mol. The molecule has 134 valence electrons. The van der Waals surface area contributed by atoms with Gasteiger partial charge in [0.05, 0.1) is 5.39 Å². The molecule has 1 saturated heterocycles. The Morgan fingerprint density at radius 2 is 1.69 bits per heavy atom. The fourth-order valence-corrected chi connectivity index (χ4v) is 5.66. The van der Waals surface area contributed by atoms with Crippen LogP contribution in [0, 0.1) is 0 Å². The van der Waals surface area contributed by atoms with Crippen LogP contribution in [0.5, 0.6) is 0 Å². The van der Waals surface area contributed by atoms with E-state index in [2.05, 4.69) is 35.2 Å². The van der Waals surface area contributed by atoms with Crippen LogP contribution in [-0.2, 0) is 19.3 Å². The van der Waals surface area contributed by atoms with Crippen LogP contribution in [0.15, 0.2) is 30.3 Å². The summed E-state index contributed by atoms with van der Waals surface area (Å²) in [7, 11) is 0. The fourth-order valence-electron chi connectivity index (χ4n) is 4.39. The number of benzene rings is 1. The first-order chi connectivity index (χ1) is 12.9. The van der Waals surface area contributed by atoms with E-state index in [4.69, 9.17) is 9.97 Å². The first kappa shape index (κ1) is 16.2. The van der Waals surface area contributed by atoms with Crippen molar-refractivity contribution in [3.05, 3.63) is 52.2 Å². The van der Waals surface area contributed by atoms with Gasteiger partial charge in [-0.15, -0.1) is 11.3 Å². The summed E-state index contributed by atoms with van der Waals surface area (Å²) < 4.78 is 0. The highest BCUT2D eigenvalue weighted by molar-refractivity contribution is 7.19. The SMILES string of the molecule is c1ccc(Cc2nc(N3CCCCCC3)c3c4c(sc3n2)CCC4)cc1. The van der Waals surface area contributed by atoms with Crippen molar-refractivity contribution in [2.45, 2.75) is 51.4 Å². The van der Waals surface area contributed by atoms with E-state index in [1.807, 2.05) is 11.3 Å². The number of thiophene rings is 1. The molecule has 0 saturated carbocycles. The molecular formula is C22H25N3S. The minimum atomic E-state index is 0.820. The monoisotopic (exact) mass is 363 g/mol. The summed E-state index contributed by atoms with van der Waals surface area (Å²) in [6.45, 7) is 2.28. The molecule has 1 aliphatic carbocycles. The molecule has 1 aromatic carbocycles. The fraction of sp³-hybridized carbons (Fsp3) is 0.455. The molecule has 0 atom stereocenters. The molecule has 5 rings (SSSR count). The van der Waals surface area contributed by atoms with Crippen LogP contribution >= 0.6 is 11.3 Å². The lowest BCUT2D eigenvalue weighted by Gasteiger charge is -2.23. The molecule has 0 amide bonds. The predicted molar refractivity (Wildman–Crippen MR) is 109 cm³/mol. The minimum absolute atomic E-state index is 0.820. The summed E-state index contributed by atoms with van der Waals surface area (Å²) in [5.74, 6) is 2.20. The van der Waals surface area contributed by atoms with Crippen LogP contribution in [0.4, 0.5) is 5.82 Å². The maximum Gasteiger partial charge on any atom is 0.141 e. The number of aromatic nitrogens is 2. The van der Waals surface area contributed by atoms with Gasteiger partial charge >= 0.3 is 0 Å². The smallest absolute Gasteiger partial charge is 0.141 e. The maximum atomic E-state index is 5.13. The van der Waals surface area contributed by atoms with Gasteiger partial charge in [-0.25, -0.2) is 9.97 Å². The number of hydrogen-bond donors (Lipinski definition) is 0. The first-order valence-electron chi connectivity index (χ1n) is 9.98. The molecule has 0 bridgehead atoms. The third-order valence-electron chi connectivity index (χ3n) is 5.70. The molecule has 3 aromatic rings. The van der Waals surface area contributed by atoms with Crippen molar-refractivity contribution in [3.63, 3.8) is 0 Å². The largest absolute Gasteiger partial charge is 0.356 e. The van der Waals surface area contributed by atoms with Gasteiger partial charge < -0.3 is 4.90 Å². The lowest BCUT2D eigenvalue weighted by molar-refractivity contribution is 0.726. The van der Waals surface area contributed by atoms with Crippen LogP contribution in [-0.4, -0.2) is 23.1 Å². The summed E-state index contributed by atoms with van der Waals surface area (Å²) in [5.41, 5.74) is 2.84. The number of nitrogens with zero attached hydrogens (tertiary/aromatic N) is 3. The zero-order valence-electron chi connectivity index (χ0n) is 15.2. The first-order valence-corrected chi connectivity index (χ1v) is 10.8. The predicted octanol–water partition coefficient (Wildman–Crippen LogP) is 5.15. The third-order valence-corrected chi connectivity index (χ3v) is 6.89. The number of fused-ring (bicyclic) bond motifs is 3. The van der Waals surface area contributed by atoms with Crippen LogP contribution < -0.4 is 4.90 Å². The van der Waals surface area contributed by atoms with Gasteiger partial charge in [-0.3, -0.25) is 0 Å². The summed E-state index contributed by atoms with van der Waals surface area (Å²) >= 11 is 1.92. The average Bonchev–Trinajstić information content (AvgIpc) is 3.12. The van der Waals surface area contributed by atoms with E-state index in [0.29, 0.717) is 0 Å². The molecule has 0 radical (unpaired) electrons. The van der Waals surface area contributed by atoms with E-state index in [1.165, 1.54) is 66.5 Å². The third kappa shape index (κ3) is 3.01. The zero-order valence-corrected chi connectivity index (χ0v) is 16.0. The Hall–Kier alpha value is -1.94. The van der Waals surface area contributed by atoms with Crippen molar-refractivity contribution in [1.29, 1.82) is 0 Å². The Morgan fingerprint density at radius 1 is 0.885 bits per heavy atom. The van der Waals surface area contributed by atoms with E-state index in [-0.39, 0.29) is 0 Å². The summed E-state index contributed by atoms with van der Waals surface area (Å²) in [5, 5.41) is 1.38. The molecule has 2 aromatic heterocycles. The molecule has 26 heavy (non-hydrogen) atoms. The van der Waals surface area contributed by atoms with Crippen LogP contribution in [0.2, 0.25) is 0 Å². The molecule has 2 aliphatic rings. The minimum Gasteiger partial charge on any atom is -0.356 e. The number of rotatable bonds is 3. The van der Waals surface area contributed by atoms with Crippen molar-refractivity contribution in [1.82, 2.24) is 9.97 Å². The molecule has 0 N–H and O–H groups in total. The molecule has 0 unspecified atom stereocenters. The van der Waals surface area contributed by atoms with Crippen molar-refractivity contribution in [3.8, 4) is 0 Å². The standard InChI is InChI=1S/C22H25N3S/c1-2-7-14-25(13-6-1)21-20-17-11-8-12-18(17)26-22(20)24-19(23-21)15-16-9-4-3-5-10-16/h3-5,9-10H,1-2,6-8,11-15H2. The van der Waals surface area contributed by atoms with Crippen LogP contribution in [0.1, 0.15) is 53.9 Å². The van der Waals surface area contributed by atoms with E-state index in [1.54, 1.807) is 10.4 Å². The lowest BCUT2D eigenvalue weighted by Crippen LogP contribution is -2.26. The summed E-state index contributed by atoms with van der Waals surface area (Å²) in [4.78, 5) is 15.5. The van der Waals surface area contributed by atoms with Crippen LogP contribution in [0.25, 0.3) is 10.2 Å². The van der Waals surface area contributed by atoms with E-state index in [9.17, 15) is 0 Å². The molecule has 4 heteroatoms. The van der Waals surface area contributed by atoms with Crippen molar-refractivity contribution in [2.24, 2.45) is 0 Å². The highest BCUT2D eigenvalue weighted by Crippen LogP contribution is 2.41. The Labute approximate surface area is 159 Å². The van der Waals surface area contributed by atoms with Gasteiger partial charge in [-0.2, -0.15) is 0 Å². The molecule has 3 heterocycles. The zero-order chi connectivity index (χ0) is 17.3. The lowest BCUT2D eigenvalue weighted by atomic mass is 10.1. The van der Waals surface area contributed by atoms with Gasteiger partial charge in [0.25, 0.3) is 0 Å².